The smallest absolute Gasteiger partial charge is 0.167 e. The molecule has 0 saturated heterocycles. The van der Waals surface area contributed by atoms with Crippen molar-refractivity contribution < 1.29 is 4.42 Å². The third kappa shape index (κ3) is 4.98. The van der Waals surface area contributed by atoms with Gasteiger partial charge in [0.2, 0.25) is 0 Å². The Kier molecular flexibility index (Phi) is 6.89. The molecule has 12 rings (SSSR count). The van der Waals surface area contributed by atoms with E-state index in [-0.39, 0.29) is 0 Å². The molecule has 10 aromatic carbocycles. The number of rotatable bonds is 4. The molecule has 0 aliphatic heterocycles. The molecule has 0 unspecified atom stereocenters. The monoisotopic (exact) mass is 725 g/mol. The Morgan fingerprint density at radius 1 is 0.281 bits per heavy atom. The molecule has 4 nitrogen and oxygen atoms in total. The fourth-order valence-electron chi connectivity index (χ4n) is 8.79. The Hall–Kier alpha value is -7.69. The fourth-order valence-corrected chi connectivity index (χ4v) is 8.79. The summed E-state index contributed by atoms with van der Waals surface area (Å²) in [5.41, 5.74) is 6.43. The summed E-state index contributed by atoms with van der Waals surface area (Å²) in [5.74, 6) is 1.78. The standard InChI is InChI=1S/C53H31N3O/c1-2-14-33(15-3-1)51-54-52(37-26-25-32-13-4-5-16-34(32)29-37)56-53(55-51)45-24-12-23-44-47-30-35-17-6-7-18-38(35)48(50(47)57-49(44)45)36-27-28-43-41-21-9-8-19-39(41)40-20-10-11-22-42(40)46(43)31-36/h1-31H. The molecule has 0 saturated carbocycles. The topological polar surface area (TPSA) is 51.8 Å². The molecule has 0 aliphatic carbocycles. The number of furan rings is 1. The van der Waals surface area contributed by atoms with E-state index in [1.54, 1.807) is 0 Å². The number of benzene rings is 10. The molecular weight excluding hydrogens is 695 g/mol. The molecule has 2 heterocycles. The second-order valence-electron chi connectivity index (χ2n) is 14.7. The molecule has 0 bridgehead atoms. The van der Waals surface area contributed by atoms with Crippen molar-refractivity contribution in [2.24, 2.45) is 0 Å². The Bertz CT molecular complexity index is 3550. The Morgan fingerprint density at radius 3 is 1.60 bits per heavy atom. The van der Waals surface area contributed by atoms with Crippen LogP contribution in [-0.4, -0.2) is 15.0 Å². The first kappa shape index (κ1) is 31.6. The third-order valence-electron chi connectivity index (χ3n) is 11.5. The molecule has 57 heavy (non-hydrogen) atoms. The van der Waals surface area contributed by atoms with E-state index in [2.05, 4.69) is 158 Å². The van der Waals surface area contributed by atoms with Gasteiger partial charge in [-0.15, -0.1) is 0 Å². The van der Waals surface area contributed by atoms with Gasteiger partial charge >= 0.3 is 0 Å². The van der Waals surface area contributed by atoms with Crippen molar-refractivity contribution in [1.82, 2.24) is 15.0 Å². The van der Waals surface area contributed by atoms with E-state index in [0.29, 0.717) is 17.5 Å². The average Bonchev–Trinajstić information content (AvgIpc) is 3.66. The lowest BCUT2D eigenvalue weighted by Crippen LogP contribution is -2.00. The molecule has 2 aromatic heterocycles. The second-order valence-corrected chi connectivity index (χ2v) is 14.7. The van der Waals surface area contributed by atoms with Crippen LogP contribution in [-0.2, 0) is 0 Å². The molecule has 0 spiro atoms. The highest BCUT2D eigenvalue weighted by Gasteiger charge is 2.22. The number of hydrogen-bond acceptors (Lipinski definition) is 4. The van der Waals surface area contributed by atoms with E-state index in [1.165, 1.54) is 37.7 Å². The minimum atomic E-state index is 0.562. The van der Waals surface area contributed by atoms with Gasteiger partial charge in [0.1, 0.15) is 11.2 Å². The normalized spacial score (nSPS) is 11.9. The number of para-hydroxylation sites is 1. The van der Waals surface area contributed by atoms with Gasteiger partial charge in [0.15, 0.2) is 17.5 Å². The molecule has 0 amide bonds. The highest BCUT2D eigenvalue weighted by molar-refractivity contribution is 6.27. The summed E-state index contributed by atoms with van der Waals surface area (Å²) >= 11 is 0. The molecule has 0 radical (unpaired) electrons. The number of hydrogen-bond donors (Lipinski definition) is 0. The van der Waals surface area contributed by atoms with E-state index in [9.17, 15) is 0 Å². The summed E-state index contributed by atoms with van der Waals surface area (Å²) in [6.07, 6.45) is 0. The quantitative estimate of drug-likeness (QED) is 0.170. The van der Waals surface area contributed by atoms with Gasteiger partial charge in [-0.2, -0.15) is 0 Å². The minimum Gasteiger partial charge on any atom is -0.455 e. The molecule has 0 fully saturated rings. The molecule has 0 aliphatic rings. The summed E-state index contributed by atoms with van der Waals surface area (Å²) in [5, 5.41) is 14.1. The maximum atomic E-state index is 7.15. The fraction of sp³-hybridized carbons (Fsp3) is 0. The molecule has 4 heteroatoms. The molecule has 12 aromatic rings. The van der Waals surface area contributed by atoms with Crippen LogP contribution in [0.15, 0.2) is 192 Å². The zero-order valence-electron chi connectivity index (χ0n) is 30.6. The molecular formula is C53H31N3O. The first-order valence-corrected chi connectivity index (χ1v) is 19.3. The van der Waals surface area contributed by atoms with Crippen LogP contribution in [0, 0.1) is 0 Å². The van der Waals surface area contributed by atoms with Gasteiger partial charge in [0.05, 0.1) is 5.56 Å². The van der Waals surface area contributed by atoms with Gasteiger partial charge in [-0.3, -0.25) is 0 Å². The van der Waals surface area contributed by atoms with Crippen molar-refractivity contribution in [3.05, 3.63) is 188 Å². The van der Waals surface area contributed by atoms with Crippen molar-refractivity contribution in [1.29, 1.82) is 0 Å². The Morgan fingerprint density at radius 2 is 0.842 bits per heavy atom. The lowest BCUT2D eigenvalue weighted by atomic mass is 9.90. The highest BCUT2D eigenvalue weighted by Crippen LogP contribution is 2.45. The predicted octanol–water partition coefficient (Wildman–Crippen LogP) is 14.2. The first-order valence-electron chi connectivity index (χ1n) is 19.3. The Labute approximate surface area is 327 Å². The van der Waals surface area contributed by atoms with Crippen molar-refractivity contribution in [2.45, 2.75) is 0 Å². The zero-order chi connectivity index (χ0) is 37.5. The average molecular weight is 726 g/mol. The zero-order valence-corrected chi connectivity index (χ0v) is 30.6. The van der Waals surface area contributed by atoms with Crippen LogP contribution in [0.25, 0.3) is 121 Å². The van der Waals surface area contributed by atoms with Crippen LogP contribution >= 0.6 is 0 Å². The van der Waals surface area contributed by atoms with Crippen LogP contribution in [0.4, 0.5) is 0 Å². The number of aromatic nitrogens is 3. The van der Waals surface area contributed by atoms with Crippen LogP contribution in [0.1, 0.15) is 0 Å². The number of nitrogens with zero attached hydrogens (tertiary/aromatic N) is 3. The lowest BCUT2D eigenvalue weighted by molar-refractivity contribution is 0.671. The number of fused-ring (bicyclic) bond motifs is 11. The summed E-state index contributed by atoms with van der Waals surface area (Å²) in [7, 11) is 0. The third-order valence-corrected chi connectivity index (χ3v) is 11.5. The van der Waals surface area contributed by atoms with Crippen molar-refractivity contribution in [3.8, 4) is 45.3 Å². The van der Waals surface area contributed by atoms with Gasteiger partial charge in [-0.25, -0.2) is 15.0 Å². The molecule has 0 atom stereocenters. The maximum Gasteiger partial charge on any atom is 0.167 e. The molecule has 0 N–H and O–H groups in total. The predicted molar refractivity (Wildman–Crippen MR) is 236 cm³/mol. The van der Waals surface area contributed by atoms with Gasteiger partial charge in [0.25, 0.3) is 0 Å². The summed E-state index contributed by atoms with van der Waals surface area (Å²) in [6, 6.07) is 66.3. The lowest BCUT2D eigenvalue weighted by Gasteiger charge is -2.13. The van der Waals surface area contributed by atoms with Crippen molar-refractivity contribution in [2.75, 3.05) is 0 Å². The van der Waals surface area contributed by atoms with Crippen molar-refractivity contribution >= 4 is 75.8 Å². The van der Waals surface area contributed by atoms with Crippen LogP contribution in [0.2, 0.25) is 0 Å². The van der Waals surface area contributed by atoms with Gasteiger partial charge in [-0.1, -0.05) is 164 Å². The summed E-state index contributed by atoms with van der Waals surface area (Å²) in [4.78, 5) is 15.3. The van der Waals surface area contributed by atoms with E-state index < -0.39 is 0 Å². The van der Waals surface area contributed by atoms with Crippen LogP contribution in [0.5, 0.6) is 0 Å². The maximum absolute atomic E-state index is 7.15. The highest BCUT2D eigenvalue weighted by atomic mass is 16.3. The van der Waals surface area contributed by atoms with Gasteiger partial charge in [0, 0.05) is 27.5 Å². The van der Waals surface area contributed by atoms with E-state index in [4.69, 9.17) is 19.4 Å². The summed E-state index contributed by atoms with van der Waals surface area (Å²) < 4.78 is 7.15. The SMILES string of the molecule is c1ccc(-c2nc(-c3ccc4ccccc4c3)nc(-c3cccc4c3oc3c(-c5ccc6c7ccccc7c7ccccc7c6c5)c5ccccc5cc34)n2)cc1. The largest absolute Gasteiger partial charge is 0.455 e. The summed E-state index contributed by atoms with van der Waals surface area (Å²) in [6.45, 7) is 0. The van der Waals surface area contributed by atoms with E-state index in [0.717, 1.165) is 65.9 Å². The van der Waals surface area contributed by atoms with Crippen LogP contribution in [0.3, 0.4) is 0 Å². The second kappa shape index (κ2) is 12.4. The van der Waals surface area contributed by atoms with Gasteiger partial charge < -0.3 is 4.42 Å². The minimum absolute atomic E-state index is 0.562. The van der Waals surface area contributed by atoms with Crippen LogP contribution < -0.4 is 0 Å². The van der Waals surface area contributed by atoms with E-state index in [1.807, 2.05) is 30.3 Å². The molecule has 264 valence electrons. The Balaban J connectivity index is 1.12. The van der Waals surface area contributed by atoms with Crippen molar-refractivity contribution in [3.63, 3.8) is 0 Å². The van der Waals surface area contributed by atoms with Gasteiger partial charge in [-0.05, 0) is 83.7 Å². The first-order chi connectivity index (χ1) is 28.2. The van der Waals surface area contributed by atoms with E-state index >= 15 is 0 Å².